The summed E-state index contributed by atoms with van der Waals surface area (Å²) in [4.78, 5) is 11.6. The number of benzene rings is 1. The number of ketones is 1. The first-order valence-corrected chi connectivity index (χ1v) is 5.54. The van der Waals surface area contributed by atoms with Crippen molar-refractivity contribution >= 4 is 11.5 Å². The minimum Gasteiger partial charge on any atom is -0.362 e. The summed E-state index contributed by atoms with van der Waals surface area (Å²) in [6.45, 7) is 7.29. The Hall–Kier alpha value is -1.64. The second-order valence-electron chi connectivity index (χ2n) is 5.06. The smallest absolute Gasteiger partial charge is 0.162 e. The van der Waals surface area contributed by atoms with Crippen molar-refractivity contribution in [1.82, 2.24) is 0 Å². The molecular weight excluding hydrogens is 217 g/mol. The molecule has 17 heavy (non-hydrogen) atoms. The molecule has 0 saturated carbocycles. The molecule has 0 amide bonds. The zero-order chi connectivity index (χ0) is 13.1. The van der Waals surface area contributed by atoms with Gasteiger partial charge in [-0.15, -0.1) is 0 Å². The predicted octanol–water partition coefficient (Wildman–Crippen LogP) is 3.67. The first-order valence-electron chi connectivity index (χ1n) is 5.54. The van der Waals surface area contributed by atoms with Crippen molar-refractivity contribution in [2.24, 2.45) is 5.41 Å². The van der Waals surface area contributed by atoms with Gasteiger partial charge in [0.05, 0.1) is 0 Å². The summed E-state index contributed by atoms with van der Waals surface area (Å²) in [6.07, 6.45) is 3.08. The zero-order valence-corrected chi connectivity index (χ0v) is 10.7. The second-order valence-corrected chi connectivity index (χ2v) is 5.06. The number of carbonyl (C=O) groups excluding carboxylic acids is 1. The van der Waals surface area contributed by atoms with Crippen LogP contribution in [0.3, 0.4) is 0 Å². The monoisotopic (exact) mass is 235 g/mol. The summed E-state index contributed by atoms with van der Waals surface area (Å²) in [7, 11) is 0. The Kier molecular flexibility index (Phi) is 4.05. The molecule has 0 radical (unpaired) electrons. The third-order valence-corrected chi connectivity index (χ3v) is 2.38. The van der Waals surface area contributed by atoms with Gasteiger partial charge in [0.1, 0.15) is 5.82 Å². The van der Waals surface area contributed by atoms with Crippen molar-refractivity contribution in [3.63, 3.8) is 0 Å². The van der Waals surface area contributed by atoms with Crippen molar-refractivity contribution < 1.29 is 9.18 Å². The van der Waals surface area contributed by atoms with E-state index in [1.807, 2.05) is 20.8 Å². The molecule has 1 N–H and O–H groups in total. The summed E-state index contributed by atoms with van der Waals surface area (Å²) >= 11 is 0. The van der Waals surface area contributed by atoms with Crippen LogP contribution in [-0.4, -0.2) is 5.78 Å². The standard InChI is InChI=1S/C14H18FNO/c1-10-9-11(5-6-12(10)15)16-8-7-13(17)14(2,3)4/h5-9,16H,1-4H3/b8-7+. The maximum absolute atomic E-state index is 13.0. The number of rotatable bonds is 3. The molecule has 0 spiro atoms. The number of allylic oxidation sites excluding steroid dienone is 1. The number of nitrogens with one attached hydrogen (secondary N) is 1. The molecule has 3 heteroatoms. The highest BCUT2D eigenvalue weighted by Crippen LogP contribution is 2.16. The van der Waals surface area contributed by atoms with E-state index in [1.54, 1.807) is 25.3 Å². The summed E-state index contributed by atoms with van der Waals surface area (Å²) in [5, 5.41) is 2.95. The number of hydrogen-bond acceptors (Lipinski definition) is 2. The molecule has 1 rings (SSSR count). The fraction of sp³-hybridized carbons (Fsp3) is 0.357. The van der Waals surface area contributed by atoms with Crippen LogP contribution in [0.25, 0.3) is 0 Å². The maximum atomic E-state index is 13.0. The fourth-order valence-electron chi connectivity index (χ4n) is 1.20. The average Bonchev–Trinajstić information content (AvgIpc) is 2.22. The highest BCUT2D eigenvalue weighted by Gasteiger charge is 2.17. The van der Waals surface area contributed by atoms with Crippen LogP contribution in [0.2, 0.25) is 0 Å². The van der Waals surface area contributed by atoms with Gasteiger partial charge in [-0.3, -0.25) is 4.79 Å². The fourth-order valence-corrected chi connectivity index (χ4v) is 1.20. The molecule has 1 aromatic carbocycles. The third-order valence-electron chi connectivity index (χ3n) is 2.38. The van der Waals surface area contributed by atoms with E-state index in [1.165, 1.54) is 12.1 Å². The van der Waals surface area contributed by atoms with Gasteiger partial charge < -0.3 is 5.32 Å². The molecule has 0 aliphatic heterocycles. The van der Waals surface area contributed by atoms with Crippen molar-refractivity contribution in [2.45, 2.75) is 27.7 Å². The maximum Gasteiger partial charge on any atom is 0.162 e. The Morgan fingerprint density at radius 2 is 2.00 bits per heavy atom. The van der Waals surface area contributed by atoms with Crippen LogP contribution < -0.4 is 5.32 Å². The van der Waals surface area contributed by atoms with Gasteiger partial charge in [0.15, 0.2) is 5.78 Å². The van der Waals surface area contributed by atoms with Crippen molar-refractivity contribution in [2.75, 3.05) is 5.32 Å². The Morgan fingerprint density at radius 3 is 2.53 bits per heavy atom. The molecule has 0 fully saturated rings. The molecule has 0 bridgehead atoms. The Balaban J connectivity index is 2.65. The van der Waals surface area contributed by atoms with E-state index in [0.29, 0.717) is 5.56 Å². The predicted molar refractivity (Wildman–Crippen MR) is 68.4 cm³/mol. The molecule has 0 unspecified atom stereocenters. The number of aryl methyl sites for hydroxylation is 1. The van der Waals surface area contributed by atoms with Gasteiger partial charge in [-0.05, 0) is 36.8 Å². The van der Waals surface area contributed by atoms with E-state index in [0.717, 1.165) is 5.69 Å². The molecule has 0 aliphatic carbocycles. The first-order chi connectivity index (χ1) is 7.80. The van der Waals surface area contributed by atoms with E-state index >= 15 is 0 Å². The normalized spacial score (nSPS) is 11.8. The molecule has 0 saturated heterocycles. The molecular formula is C14H18FNO. The van der Waals surface area contributed by atoms with Gasteiger partial charge in [-0.1, -0.05) is 20.8 Å². The number of anilines is 1. The van der Waals surface area contributed by atoms with Crippen LogP contribution in [0.15, 0.2) is 30.5 Å². The first kappa shape index (κ1) is 13.4. The Labute approximate surface area is 102 Å². The second kappa shape index (κ2) is 5.13. The number of halogens is 1. The van der Waals surface area contributed by atoms with Crippen molar-refractivity contribution in [3.05, 3.63) is 41.9 Å². The molecule has 92 valence electrons. The van der Waals surface area contributed by atoms with Crippen LogP contribution >= 0.6 is 0 Å². The largest absolute Gasteiger partial charge is 0.362 e. The SMILES string of the molecule is Cc1cc(N/C=C/C(=O)C(C)(C)C)ccc1F. The van der Waals surface area contributed by atoms with Crippen molar-refractivity contribution in [3.8, 4) is 0 Å². The number of hydrogen-bond donors (Lipinski definition) is 1. The van der Waals surface area contributed by atoms with E-state index in [2.05, 4.69) is 5.32 Å². The molecule has 0 aromatic heterocycles. The van der Waals surface area contributed by atoms with Crippen LogP contribution in [0.1, 0.15) is 26.3 Å². The van der Waals surface area contributed by atoms with Gasteiger partial charge in [0, 0.05) is 17.3 Å². The lowest BCUT2D eigenvalue weighted by Gasteiger charge is -2.13. The van der Waals surface area contributed by atoms with Gasteiger partial charge in [-0.2, -0.15) is 0 Å². The Morgan fingerprint density at radius 1 is 1.35 bits per heavy atom. The van der Waals surface area contributed by atoms with Crippen LogP contribution in [0, 0.1) is 18.2 Å². The number of carbonyl (C=O) groups is 1. The highest BCUT2D eigenvalue weighted by molar-refractivity contribution is 5.94. The van der Waals surface area contributed by atoms with Crippen LogP contribution in [0.5, 0.6) is 0 Å². The molecule has 0 atom stereocenters. The average molecular weight is 235 g/mol. The topological polar surface area (TPSA) is 29.1 Å². The molecule has 2 nitrogen and oxygen atoms in total. The lowest BCUT2D eigenvalue weighted by Crippen LogP contribution is -2.17. The van der Waals surface area contributed by atoms with Crippen LogP contribution in [-0.2, 0) is 4.79 Å². The minimum absolute atomic E-state index is 0.0452. The summed E-state index contributed by atoms with van der Waals surface area (Å²) < 4.78 is 13.0. The van der Waals surface area contributed by atoms with E-state index < -0.39 is 0 Å². The lowest BCUT2D eigenvalue weighted by atomic mass is 9.91. The highest BCUT2D eigenvalue weighted by atomic mass is 19.1. The minimum atomic E-state index is -0.378. The van der Waals surface area contributed by atoms with Gasteiger partial charge in [0.2, 0.25) is 0 Å². The van der Waals surface area contributed by atoms with Crippen molar-refractivity contribution in [1.29, 1.82) is 0 Å². The van der Waals surface area contributed by atoms with Crippen LogP contribution in [0.4, 0.5) is 10.1 Å². The zero-order valence-electron chi connectivity index (χ0n) is 10.7. The summed E-state index contributed by atoms with van der Waals surface area (Å²) in [5.41, 5.74) is 0.962. The van der Waals surface area contributed by atoms with Gasteiger partial charge in [0.25, 0.3) is 0 Å². The van der Waals surface area contributed by atoms with Gasteiger partial charge >= 0.3 is 0 Å². The summed E-state index contributed by atoms with van der Waals surface area (Å²) in [6, 6.07) is 4.73. The molecule has 0 aliphatic rings. The molecule has 0 heterocycles. The van der Waals surface area contributed by atoms with Gasteiger partial charge in [-0.25, -0.2) is 4.39 Å². The van der Waals surface area contributed by atoms with E-state index in [9.17, 15) is 9.18 Å². The lowest BCUT2D eigenvalue weighted by molar-refractivity contribution is -0.121. The quantitative estimate of drug-likeness (QED) is 0.810. The van der Waals surface area contributed by atoms with E-state index in [4.69, 9.17) is 0 Å². The Bertz CT molecular complexity index is 444. The molecule has 1 aromatic rings. The third kappa shape index (κ3) is 4.02. The summed E-state index contributed by atoms with van der Waals surface area (Å²) in [5.74, 6) is -0.186. The van der Waals surface area contributed by atoms with E-state index in [-0.39, 0.29) is 17.0 Å².